The molecule has 1 amide bonds. The van der Waals surface area contributed by atoms with Crippen LogP contribution in [0.25, 0.3) is 0 Å². The summed E-state index contributed by atoms with van der Waals surface area (Å²) in [6.45, 7) is 2.74. The topological polar surface area (TPSA) is 33.2 Å². The minimum atomic E-state index is 0.0448. The van der Waals surface area contributed by atoms with Gasteiger partial charge in [-0.2, -0.15) is 0 Å². The quantitative estimate of drug-likeness (QED) is 0.840. The van der Waals surface area contributed by atoms with Gasteiger partial charge in [0.05, 0.1) is 0 Å². The third-order valence-electron chi connectivity index (χ3n) is 3.11. The summed E-state index contributed by atoms with van der Waals surface area (Å²) in [5, 5.41) is 0. The van der Waals surface area contributed by atoms with Crippen molar-refractivity contribution < 1.29 is 4.79 Å². The molecule has 0 aliphatic rings. The molecule has 0 saturated carbocycles. The van der Waals surface area contributed by atoms with E-state index in [1.165, 1.54) is 0 Å². The molecule has 0 fully saturated rings. The van der Waals surface area contributed by atoms with Gasteiger partial charge in [-0.25, -0.2) is 0 Å². The summed E-state index contributed by atoms with van der Waals surface area (Å²) in [5.74, 6) is 0.266. The number of hydrogen-bond acceptors (Lipinski definition) is 2. The highest BCUT2D eigenvalue weighted by Gasteiger charge is 2.15. The van der Waals surface area contributed by atoms with Crippen molar-refractivity contribution in [1.82, 2.24) is 9.88 Å². The smallest absolute Gasteiger partial charge is 0.253 e. The zero-order valence-corrected chi connectivity index (χ0v) is 11.3. The zero-order valence-electron chi connectivity index (χ0n) is 11.3. The highest BCUT2D eigenvalue weighted by molar-refractivity contribution is 5.94. The molecule has 0 spiro atoms. The first-order chi connectivity index (χ1) is 9.18. The summed E-state index contributed by atoms with van der Waals surface area (Å²) in [6.07, 6.45) is 1.78. The number of pyridine rings is 1. The predicted octanol–water partition coefficient (Wildman–Crippen LogP) is 2.96. The van der Waals surface area contributed by atoms with Crippen LogP contribution in [0.2, 0.25) is 0 Å². The lowest BCUT2D eigenvalue weighted by molar-refractivity contribution is 0.0788. The normalized spacial score (nSPS) is 11.9. The highest BCUT2D eigenvalue weighted by Crippen LogP contribution is 2.14. The van der Waals surface area contributed by atoms with Crippen molar-refractivity contribution in [3.8, 4) is 0 Å². The number of amides is 1. The van der Waals surface area contributed by atoms with Crippen molar-refractivity contribution >= 4 is 5.91 Å². The molecule has 0 radical (unpaired) electrons. The Kier molecular flexibility index (Phi) is 4.29. The Morgan fingerprint density at radius 3 is 2.47 bits per heavy atom. The molecule has 0 saturated heterocycles. The molecule has 3 nitrogen and oxygen atoms in total. The molecule has 1 atom stereocenters. The van der Waals surface area contributed by atoms with Crippen LogP contribution in [0.5, 0.6) is 0 Å². The van der Waals surface area contributed by atoms with Crippen molar-refractivity contribution in [3.63, 3.8) is 0 Å². The summed E-state index contributed by atoms with van der Waals surface area (Å²) >= 11 is 0. The average Bonchev–Trinajstić information content (AvgIpc) is 2.48. The lowest BCUT2D eigenvalue weighted by atomic mass is 10.1. The summed E-state index contributed by atoms with van der Waals surface area (Å²) in [4.78, 5) is 18.3. The Hall–Kier alpha value is -2.16. The van der Waals surface area contributed by atoms with Crippen LogP contribution in [0.3, 0.4) is 0 Å². The molecule has 0 bridgehead atoms. The monoisotopic (exact) mass is 254 g/mol. The van der Waals surface area contributed by atoms with Gasteiger partial charge in [-0.15, -0.1) is 0 Å². The number of rotatable bonds is 4. The van der Waals surface area contributed by atoms with E-state index in [9.17, 15) is 4.79 Å². The van der Waals surface area contributed by atoms with Gasteiger partial charge >= 0.3 is 0 Å². The van der Waals surface area contributed by atoms with Gasteiger partial charge in [0.1, 0.15) is 0 Å². The number of nitrogens with zero attached hydrogens (tertiary/aromatic N) is 2. The maximum absolute atomic E-state index is 12.2. The number of carbonyl (C=O) groups is 1. The number of likely N-dealkylation sites (N-methyl/N-ethyl adjacent to an activating group) is 1. The highest BCUT2D eigenvalue weighted by atomic mass is 16.2. The van der Waals surface area contributed by atoms with Gasteiger partial charge in [0.25, 0.3) is 5.91 Å². The second kappa shape index (κ2) is 6.14. The summed E-state index contributed by atoms with van der Waals surface area (Å²) < 4.78 is 0. The minimum absolute atomic E-state index is 0.0448. The van der Waals surface area contributed by atoms with Crippen LogP contribution < -0.4 is 0 Å². The molecule has 1 aromatic heterocycles. The fourth-order valence-electron chi connectivity index (χ4n) is 2.06. The maximum atomic E-state index is 12.2. The third-order valence-corrected chi connectivity index (χ3v) is 3.11. The largest absolute Gasteiger partial charge is 0.341 e. The Bertz CT molecular complexity index is 525. The van der Waals surface area contributed by atoms with E-state index < -0.39 is 0 Å². The number of hydrogen-bond donors (Lipinski definition) is 0. The van der Waals surface area contributed by atoms with Gasteiger partial charge in [-0.1, -0.05) is 31.2 Å². The predicted molar refractivity (Wildman–Crippen MR) is 76.1 cm³/mol. The van der Waals surface area contributed by atoms with E-state index in [-0.39, 0.29) is 11.8 Å². The fourth-order valence-corrected chi connectivity index (χ4v) is 2.06. The van der Waals surface area contributed by atoms with Crippen LogP contribution in [-0.4, -0.2) is 29.4 Å². The Labute approximate surface area is 113 Å². The number of carbonyl (C=O) groups excluding carboxylic acids is 1. The second-order valence-corrected chi connectivity index (χ2v) is 4.71. The van der Waals surface area contributed by atoms with Crippen LogP contribution >= 0.6 is 0 Å². The first-order valence-electron chi connectivity index (χ1n) is 6.40. The maximum Gasteiger partial charge on any atom is 0.253 e. The van der Waals surface area contributed by atoms with Gasteiger partial charge < -0.3 is 4.90 Å². The molecule has 2 aromatic rings. The van der Waals surface area contributed by atoms with E-state index >= 15 is 0 Å². The van der Waals surface area contributed by atoms with Crippen LogP contribution in [0, 0.1) is 0 Å². The lowest BCUT2D eigenvalue weighted by Crippen LogP contribution is -2.30. The van der Waals surface area contributed by atoms with E-state index in [0.29, 0.717) is 6.54 Å². The summed E-state index contributed by atoms with van der Waals surface area (Å²) in [5.41, 5.74) is 1.73. The van der Waals surface area contributed by atoms with Crippen molar-refractivity contribution in [2.45, 2.75) is 12.8 Å². The molecule has 1 heterocycles. The minimum Gasteiger partial charge on any atom is -0.341 e. The summed E-state index contributed by atoms with van der Waals surface area (Å²) in [7, 11) is 1.83. The SMILES string of the molecule is CC(CN(C)C(=O)c1ccccc1)c1ccccn1. The van der Waals surface area contributed by atoms with Crippen molar-refractivity contribution in [3.05, 3.63) is 66.0 Å². The van der Waals surface area contributed by atoms with E-state index in [1.807, 2.05) is 55.6 Å². The molecule has 0 aliphatic heterocycles. The van der Waals surface area contributed by atoms with Crippen LogP contribution in [0.1, 0.15) is 28.9 Å². The third kappa shape index (κ3) is 3.41. The lowest BCUT2D eigenvalue weighted by Gasteiger charge is -2.21. The van der Waals surface area contributed by atoms with E-state index in [4.69, 9.17) is 0 Å². The van der Waals surface area contributed by atoms with Gasteiger partial charge in [-0.05, 0) is 24.3 Å². The fraction of sp³-hybridized carbons (Fsp3) is 0.250. The van der Waals surface area contributed by atoms with Gasteiger partial charge in [0.2, 0.25) is 0 Å². The van der Waals surface area contributed by atoms with Crippen molar-refractivity contribution in [1.29, 1.82) is 0 Å². The number of benzene rings is 1. The Balaban J connectivity index is 2.02. The molecule has 2 rings (SSSR count). The van der Waals surface area contributed by atoms with E-state index in [2.05, 4.69) is 11.9 Å². The van der Waals surface area contributed by atoms with E-state index in [1.54, 1.807) is 11.1 Å². The van der Waals surface area contributed by atoms with Crippen molar-refractivity contribution in [2.75, 3.05) is 13.6 Å². The molecule has 0 N–H and O–H groups in total. The Morgan fingerprint density at radius 2 is 1.84 bits per heavy atom. The first-order valence-corrected chi connectivity index (χ1v) is 6.40. The molecule has 0 aliphatic carbocycles. The molecule has 98 valence electrons. The van der Waals surface area contributed by atoms with Crippen molar-refractivity contribution in [2.24, 2.45) is 0 Å². The molecule has 19 heavy (non-hydrogen) atoms. The molecular weight excluding hydrogens is 236 g/mol. The van der Waals surface area contributed by atoms with Crippen LogP contribution in [0.15, 0.2) is 54.7 Å². The molecule has 1 aromatic carbocycles. The second-order valence-electron chi connectivity index (χ2n) is 4.71. The first kappa shape index (κ1) is 13.3. The molecule has 1 unspecified atom stereocenters. The van der Waals surface area contributed by atoms with Gasteiger partial charge in [-0.3, -0.25) is 9.78 Å². The standard InChI is InChI=1S/C16H18N2O/c1-13(15-10-6-7-11-17-15)12-18(2)16(19)14-8-4-3-5-9-14/h3-11,13H,12H2,1-2H3. The average molecular weight is 254 g/mol. The number of aromatic nitrogens is 1. The summed E-state index contributed by atoms with van der Waals surface area (Å²) in [6, 6.07) is 15.2. The van der Waals surface area contributed by atoms with Crippen LogP contribution in [-0.2, 0) is 0 Å². The Morgan fingerprint density at radius 1 is 1.16 bits per heavy atom. The molecule has 3 heteroatoms. The zero-order chi connectivity index (χ0) is 13.7. The van der Waals surface area contributed by atoms with Gasteiger partial charge in [0.15, 0.2) is 0 Å². The van der Waals surface area contributed by atoms with Gasteiger partial charge in [0, 0.05) is 37.0 Å². The van der Waals surface area contributed by atoms with Crippen LogP contribution in [0.4, 0.5) is 0 Å². The molecular formula is C16H18N2O. The van der Waals surface area contributed by atoms with E-state index in [0.717, 1.165) is 11.3 Å².